The summed E-state index contributed by atoms with van der Waals surface area (Å²) in [6.07, 6.45) is 0. The van der Waals surface area contributed by atoms with Crippen molar-refractivity contribution < 1.29 is 4.79 Å². The molecular formula is C20H21N3O3. The van der Waals surface area contributed by atoms with Crippen LogP contribution in [-0.4, -0.2) is 15.7 Å². The minimum atomic E-state index is -0.404. The minimum Gasteiger partial charge on any atom is -0.324 e. The number of aromatic nitrogens is 2. The van der Waals surface area contributed by atoms with E-state index in [1.165, 1.54) is 0 Å². The van der Waals surface area contributed by atoms with E-state index in [1.54, 1.807) is 24.3 Å². The van der Waals surface area contributed by atoms with Crippen LogP contribution in [0.3, 0.4) is 0 Å². The van der Waals surface area contributed by atoms with Gasteiger partial charge in [-0.15, -0.1) is 0 Å². The molecule has 134 valence electrons. The maximum atomic E-state index is 12.4. The quantitative estimate of drug-likeness (QED) is 0.761. The number of H-pyrrole nitrogens is 1. The van der Waals surface area contributed by atoms with Gasteiger partial charge in [-0.05, 0) is 35.2 Å². The number of hydrogen-bond acceptors (Lipinski definition) is 3. The summed E-state index contributed by atoms with van der Waals surface area (Å²) >= 11 is 0. The highest BCUT2D eigenvalue weighted by Crippen LogP contribution is 2.23. The predicted octanol–water partition coefficient (Wildman–Crippen LogP) is 2.63. The molecule has 0 saturated heterocycles. The normalized spacial score (nSPS) is 11.5. The van der Waals surface area contributed by atoms with Gasteiger partial charge in [0.2, 0.25) is 5.91 Å². The van der Waals surface area contributed by atoms with Crippen molar-refractivity contribution in [3.8, 4) is 0 Å². The molecule has 0 unspecified atom stereocenters. The van der Waals surface area contributed by atoms with E-state index in [9.17, 15) is 14.4 Å². The molecule has 0 bridgehead atoms. The minimum absolute atomic E-state index is 0.0282. The van der Waals surface area contributed by atoms with E-state index in [-0.39, 0.29) is 17.9 Å². The maximum absolute atomic E-state index is 12.4. The van der Waals surface area contributed by atoms with Crippen LogP contribution in [0.15, 0.2) is 58.1 Å². The number of rotatable bonds is 3. The van der Waals surface area contributed by atoms with Gasteiger partial charge in [0, 0.05) is 5.69 Å². The van der Waals surface area contributed by atoms with Crippen molar-refractivity contribution in [2.45, 2.75) is 32.7 Å². The third-order valence-corrected chi connectivity index (χ3v) is 4.22. The summed E-state index contributed by atoms with van der Waals surface area (Å²) in [5, 5.41) is 5.80. The fourth-order valence-electron chi connectivity index (χ4n) is 2.76. The number of nitrogens with zero attached hydrogens (tertiary/aromatic N) is 1. The van der Waals surface area contributed by atoms with Gasteiger partial charge in [-0.2, -0.15) is 0 Å². The summed E-state index contributed by atoms with van der Waals surface area (Å²) in [4.78, 5) is 36.8. The first-order chi connectivity index (χ1) is 12.3. The van der Waals surface area contributed by atoms with Crippen molar-refractivity contribution >= 4 is 22.4 Å². The molecule has 0 fully saturated rings. The lowest BCUT2D eigenvalue weighted by Crippen LogP contribution is -2.34. The number of carbonyl (C=O) groups excluding carboxylic acids is 1. The van der Waals surface area contributed by atoms with Gasteiger partial charge >= 0.3 is 0 Å². The van der Waals surface area contributed by atoms with Crippen molar-refractivity contribution in [3.63, 3.8) is 0 Å². The highest BCUT2D eigenvalue weighted by Gasteiger charge is 2.14. The Morgan fingerprint density at radius 2 is 1.62 bits per heavy atom. The van der Waals surface area contributed by atoms with Crippen molar-refractivity contribution in [3.05, 3.63) is 74.8 Å². The first-order valence-corrected chi connectivity index (χ1v) is 8.38. The zero-order chi connectivity index (χ0) is 18.9. The predicted molar refractivity (Wildman–Crippen MR) is 103 cm³/mol. The highest BCUT2D eigenvalue weighted by molar-refractivity contribution is 5.90. The number of carbonyl (C=O) groups is 1. The molecule has 0 aliphatic carbocycles. The molecule has 6 heteroatoms. The van der Waals surface area contributed by atoms with E-state index >= 15 is 0 Å². The lowest BCUT2D eigenvalue weighted by Gasteiger charge is -2.19. The van der Waals surface area contributed by atoms with Crippen molar-refractivity contribution in [1.82, 2.24) is 9.78 Å². The Kier molecular flexibility index (Phi) is 4.50. The topological polar surface area (TPSA) is 84.0 Å². The number of fused-ring (bicyclic) bond motifs is 1. The fourth-order valence-corrected chi connectivity index (χ4v) is 2.76. The number of anilines is 1. The zero-order valence-electron chi connectivity index (χ0n) is 15.0. The third-order valence-electron chi connectivity index (χ3n) is 4.22. The molecule has 26 heavy (non-hydrogen) atoms. The molecule has 3 aromatic rings. The van der Waals surface area contributed by atoms with E-state index in [0.717, 1.165) is 10.2 Å². The molecule has 0 aliphatic rings. The molecule has 1 aromatic heterocycles. The zero-order valence-corrected chi connectivity index (χ0v) is 15.0. The SMILES string of the molecule is CC(C)(C)c1ccc(NC(=O)Cn2[nH]c(=O)c3ccccc3c2=O)cc1. The fraction of sp³-hybridized carbons (Fsp3) is 0.250. The standard InChI is InChI=1S/C20H21N3O3/c1-20(2,3)13-8-10-14(11-9-13)21-17(24)12-23-19(26)16-7-5-4-6-15(16)18(25)22-23/h4-11H,12H2,1-3H3,(H,21,24)(H,22,25). The van der Waals surface area contributed by atoms with Crippen molar-refractivity contribution in [2.75, 3.05) is 5.32 Å². The molecule has 0 spiro atoms. The summed E-state index contributed by atoms with van der Waals surface area (Å²) in [5.74, 6) is -0.387. The molecule has 6 nitrogen and oxygen atoms in total. The molecule has 0 saturated carbocycles. The molecule has 1 amide bonds. The molecule has 2 aromatic carbocycles. The molecular weight excluding hydrogens is 330 g/mol. The molecule has 0 aliphatic heterocycles. The van der Waals surface area contributed by atoms with E-state index < -0.39 is 11.1 Å². The number of aromatic amines is 1. The Bertz CT molecular complexity index is 1070. The van der Waals surface area contributed by atoms with Crippen molar-refractivity contribution in [2.24, 2.45) is 0 Å². The summed E-state index contributed by atoms with van der Waals surface area (Å²) in [7, 11) is 0. The van der Waals surface area contributed by atoms with Crippen LogP contribution in [0, 0.1) is 0 Å². The second-order valence-electron chi connectivity index (χ2n) is 7.25. The number of hydrogen-bond donors (Lipinski definition) is 2. The Morgan fingerprint density at radius 1 is 1.00 bits per heavy atom. The van der Waals surface area contributed by atoms with Crippen LogP contribution in [-0.2, 0) is 16.8 Å². The number of amides is 1. The summed E-state index contributed by atoms with van der Waals surface area (Å²) in [5.41, 5.74) is 1.02. The van der Waals surface area contributed by atoms with Gasteiger partial charge in [0.15, 0.2) is 0 Å². The third kappa shape index (κ3) is 3.59. The first-order valence-electron chi connectivity index (χ1n) is 8.38. The van der Waals surface area contributed by atoms with E-state index in [2.05, 4.69) is 31.2 Å². The summed E-state index contributed by atoms with van der Waals surface area (Å²) < 4.78 is 1.03. The monoisotopic (exact) mass is 351 g/mol. The van der Waals surface area contributed by atoms with Crippen LogP contribution in [0.4, 0.5) is 5.69 Å². The van der Waals surface area contributed by atoms with Crippen LogP contribution < -0.4 is 16.4 Å². The maximum Gasteiger partial charge on any atom is 0.273 e. The second kappa shape index (κ2) is 6.63. The van der Waals surface area contributed by atoms with Crippen LogP contribution in [0.2, 0.25) is 0 Å². The van der Waals surface area contributed by atoms with Gasteiger partial charge in [-0.25, -0.2) is 4.68 Å². The largest absolute Gasteiger partial charge is 0.324 e. The molecule has 2 N–H and O–H groups in total. The number of benzene rings is 2. The lowest BCUT2D eigenvalue weighted by atomic mass is 9.87. The number of nitrogens with one attached hydrogen (secondary N) is 2. The van der Waals surface area contributed by atoms with Gasteiger partial charge in [-0.1, -0.05) is 45.0 Å². The van der Waals surface area contributed by atoms with E-state index in [0.29, 0.717) is 16.5 Å². The van der Waals surface area contributed by atoms with E-state index in [4.69, 9.17) is 0 Å². The molecule has 0 radical (unpaired) electrons. The summed E-state index contributed by atoms with van der Waals surface area (Å²) in [6.45, 7) is 6.08. The van der Waals surface area contributed by atoms with Crippen LogP contribution >= 0.6 is 0 Å². The average Bonchev–Trinajstić information content (AvgIpc) is 2.59. The van der Waals surface area contributed by atoms with Gasteiger partial charge in [-0.3, -0.25) is 19.5 Å². The van der Waals surface area contributed by atoms with Gasteiger partial charge in [0.1, 0.15) is 6.54 Å². The van der Waals surface area contributed by atoms with Crippen LogP contribution in [0.25, 0.3) is 10.8 Å². The highest BCUT2D eigenvalue weighted by atomic mass is 16.2. The molecule has 3 rings (SSSR count). The Labute approximate surface area is 150 Å². The Balaban J connectivity index is 1.81. The smallest absolute Gasteiger partial charge is 0.273 e. The van der Waals surface area contributed by atoms with Crippen LogP contribution in [0.5, 0.6) is 0 Å². The summed E-state index contributed by atoms with van der Waals surface area (Å²) in [6, 6.07) is 14.1. The Hall–Kier alpha value is -3.15. The molecule has 0 atom stereocenters. The average molecular weight is 351 g/mol. The van der Waals surface area contributed by atoms with E-state index in [1.807, 2.05) is 24.3 Å². The lowest BCUT2D eigenvalue weighted by molar-refractivity contribution is -0.117. The van der Waals surface area contributed by atoms with Crippen molar-refractivity contribution in [1.29, 1.82) is 0 Å². The van der Waals surface area contributed by atoms with Gasteiger partial charge < -0.3 is 5.32 Å². The second-order valence-corrected chi connectivity index (χ2v) is 7.25. The first kappa shape index (κ1) is 17.7. The van der Waals surface area contributed by atoms with Gasteiger partial charge in [0.05, 0.1) is 10.8 Å². The van der Waals surface area contributed by atoms with Gasteiger partial charge in [0.25, 0.3) is 11.1 Å². The van der Waals surface area contributed by atoms with Crippen LogP contribution in [0.1, 0.15) is 26.3 Å². The molecule has 1 heterocycles. The Morgan fingerprint density at radius 3 is 2.23 bits per heavy atom.